The summed E-state index contributed by atoms with van der Waals surface area (Å²) in [6.45, 7) is 3.28. The average molecular weight is 273 g/mol. The van der Waals surface area contributed by atoms with Crippen molar-refractivity contribution in [3.8, 4) is 0 Å². The maximum atomic E-state index is 12.5. The lowest BCUT2D eigenvalue weighted by molar-refractivity contribution is -0.152. The van der Waals surface area contributed by atoms with Crippen molar-refractivity contribution in [1.29, 1.82) is 0 Å². The van der Waals surface area contributed by atoms with E-state index in [1.54, 1.807) is 0 Å². The van der Waals surface area contributed by atoms with Gasteiger partial charge in [0.25, 0.3) is 0 Å². The molecule has 3 nitrogen and oxygen atoms in total. The van der Waals surface area contributed by atoms with E-state index in [-0.39, 0.29) is 5.97 Å². The lowest BCUT2D eigenvalue weighted by Crippen LogP contribution is -2.57. The molecule has 0 spiro atoms. The summed E-state index contributed by atoms with van der Waals surface area (Å²) < 4.78 is 5.35. The van der Waals surface area contributed by atoms with Gasteiger partial charge in [0.2, 0.25) is 0 Å². The van der Waals surface area contributed by atoms with Gasteiger partial charge in [-0.1, -0.05) is 24.3 Å². The summed E-state index contributed by atoms with van der Waals surface area (Å²) in [7, 11) is 0. The number of benzene rings is 1. The van der Waals surface area contributed by atoms with Gasteiger partial charge in [-0.3, -0.25) is 4.79 Å². The van der Waals surface area contributed by atoms with Crippen LogP contribution in [0.2, 0.25) is 0 Å². The molecule has 1 atom stereocenters. The molecule has 1 aromatic carbocycles. The van der Waals surface area contributed by atoms with Crippen LogP contribution in [0.3, 0.4) is 0 Å². The summed E-state index contributed by atoms with van der Waals surface area (Å²) >= 11 is 0. The van der Waals surface area contributed by atoms with Crippen molar-refractivity contribution in [3.05, 3.63) is 35.4 Å². The van der Waals surface area contributed by atoms with E-state index in [2.05, 4.69) is 29.6 Å². The molecule has 20 heavy (non-hydrogen) atoms. The van der Waals surface area contributed by atoms with E-state index in [1.165, 1.54) is 24.0 Å². The van der Waals surface area contributed by atoms with Crippen molar-refractivity contribution in [2.75, 3.05) is 13.2 Å². The third-order valence-corrected chi connectivity index (χ3v) is 4.52. The second kappa shape index (κ2) is 5.57. The monoisotopic (exact) mass is 273 g/mol. The minimum Gasteiger partial charge on any atom is -0.465 e. The largest absolute Gasteiger partial charge is 0.465 e. The number of carbonyl (C=O) groups excluding carboxylic acids is 1. The lowest BCUT2D eigenvalue weighted by Gasteiger charge is -2.37. The predicted octanol–water partition coefficient (Wildman–Crippen LogP) is 2.48. The highest BCUT2D eigenvalue weighted by atomic mass is 16.5. The molecule has 0 aromatic heterocycles. The Balaban J connectivity index is 1.80. The summed E-state index contributed by atoms with van der Waals surface area (Å²) in [5, 5.41) is 3.55. The van der Waals surface area contributed by atoms with Gasteiger partial charge in [0.15, 0.2) is 0 Å². The molecule has 0 aliphatic heterocycles. The molecule has 0 amide bonds. The van der Waals surface area contributed by atoms with Crippen LogP contribution < -0.4 is 5.32 Å². The first kappa shape index (κ1) is 13.6. The maximum absolute atomic E-state index is 12.5. The van der Waals surface area contributed by atoms with Crippen LogP contribution in [0, 0.1) is 5.92 Å². The Bertz CT molecular complexity index is 496. The third kappa shape index (κ3) is 2.73. The number of hydrogen-bond donors (Lipinski definition) is 1. The first-order chi connectivity index (χ1) is 9.73. The lowest BCUT2D eigenvalue weighted by atomic mass is 9.77. The van der Waals surface area contributed by atoms with Gasteiger partial charge in [-0.05, 0) is 56.2 Å². The van der Waals surface area contributed by atoms with E-state index in [0.29, 0.717) is 6.61 Å². The second-order valence-corrected chi connectivity index (χ2v) is 6.07. The van der Waals surface area contributed by atoms with Gasteiger partial charge in [0.05, 0.1) is 6.61 Å². The number of ether oxygens (including phenoxy) is 1. The average Bonchev–Trinajstić information content (AvgIpc) is 3.29. The molecule has 108 valence electrons. The van der Waals surface area contributed by atoms with Gasteiger partial charge >= 0.3 is 5.97 Å². The third-order valence-electron chi connectivity index (χ3n) is 4.52. The second-order valence-electron chi connectivity index (χ2n) is 6.07. The van der Waals surface area contributed by atoms with E-state index in [1.807, 2.05) is 6.92 Å². The van der Waals surface area contributed by atoms with Crippen molar-refractivity contribution < 1.29 is 9.53 Å². The number of aryl methyl sites for hydroxylation is 1. The Labute approximate surface area is 120 Å². The highest BCUT2D eigenvalue weighted by Gasteiger charge is 2.43. The van der Waals surface area contributed by atoms with Crippen molar-refractivity contribution in [3.63, 3.8) is 0 Å². The van der Waals surface area contributed by atoms with Crippen molar-refractivity contribution in [2.24, 2.45) is 5.92 Å². The van der Waals surface area contributed by atoms with Crippen LogP contribution in [0.15, 0.2) is 24.3 Å². The number of fused-ring (bicyclic) bond motifs is 1. The fraction of sp³-hybridized carbons (Fsp3) is 0.588. The summed E-state index contributed by atoms with van der Waals surface area (Å²) in [5.41, 5.74) is 2.16. The molecular weight excluding hydrogens is 250 g/mol. The minimum absolute atomic E-state index is 0.0739. The van der Waals surface area contributed by atoms with E-state index in [4.69, 9.17) is 4.74 Å². The fourth-order valence-corrected chi connectivity index (χ4v) is 3.06. The molecule has 1 N–H and O–H groups in total. The summed E-state index contributed by atoms with van der Waals surface area (Å²) in [6, 6.07) is 8.45. The zero-order valence-corrected chi connectivity index (χ0v) is 12.2. The number of nitrogens with one attached hydrogen (secondary N) is 1. The SMILES string of the molecule is CCOC(=O)C1(NCC2CC2)CCc2ccccc2C1. The van der Waals surface area contributed by atoms with Gasteiger partial charge < -0.3 is 10.1 Å². The van der Waals surface area contributed by atoms with E-state index in [0.717, 1.165) is 31.7 Å². The van der Waals surface area contributed by atoms with Crippen LogP contribution in [0.5, 0.6) is 0 Å². The molecule has 1 aromatic rings. The molecule has 0 radical (unpaired) electrons. The van der Waals surface area contributed by atoms with E-state index < -0.39 is 5.54 Å². The quantitative estimate of drug-likeness (QED) is 0.838. The summed E-state index contributed by atoms with van der Waals surface area (Å²) in [4.78, 5) is 12.5. The zero-order valence-electron chi connectivity index (χ0n) is 12.2. The van der Waals surface area contributed by atoms with Crippen LogP contribution >= 0.6 is 0 Å². The normalized spacial score (nSPS) is 25.1. The molecule has 3 rings (SSSR count). The Morgan fingerprint density at radius 2 is 2.10 bits per heavy atom. The molecule has 0 heterocycles. The fourth-order valence-electron chi connectivity index (χ4n) is 3.06. The van der Waals surface area contributed by atoms with Crippen molar-refractivity contribution in [2.45, 2.75) is 44.6 Å². The number of hydrogen-bond acceptors (Lipinski definition) is 3. The molecule has 2 aliphatic carbocycles. The van der Waals surface area contributed by atoms with Gasteiger partial charge in [-0.2, -0.15) is 0 Å². The van der Waals surface area contributed by atoms with Crippen LogP contribution in [0.4, 0.5) is 0 Å². The highest BCUT2D eigenvalue weighted by molar-refractivity contribution is 5.82. The van der Waals surface area contributed by atoms with Gasteiger partial charge in [0.1, 0.15) is 5.54 Å². The smallest absolute Gasteiger partial charge is 0.326 e. The molecule has 2 aliphatic rings. The van der Waals surface area contributed by atoms with E-state index in [9.17, 15) is 4.79 Å². The van der Waals surface area contributed by atoms with Gasteiger partial charge in [-0.25, -0.2) is 0 Å². The van der Waals surface area contributed by atoms with Crippen LogP contribution in [0.1, 0.15) is 37.3 Å². The van der Waals surface area contributed by atoms with Gasteiger partial charge in [0, 0.05) is 6.42 Å². The van der Waals surface area contributed by atoms with E-state index >= 15 is 0 Å². The molecular formula is C17H23NO2. The van der Waals surface area contributed by atoms with Crippen LogP contribution in [-0.4, -0.2) is 24.7 Å². The standard InChI is InChI=1S/C17H23NO2/c1-2-20-16(19)17(18-12-13-7-8-13)10-9-14-5-3-4-6-15(14)11-17/h3-6,13,18H,2,7-12H2,1H3. The number of rotatable bonds is 5. The Morgan fingerprint density at radius 1 is 1.35 bits per heavy atom. The summed E-state index contributed by atoms with van der Waals surface area (Å²) in [5.74, 6) is 0.689. The molecule has 3 heteroatoms. The highest BCUT2D eigenvalue weighted by Crippen LogP contribution is 2.33. The molecule has 0 bridgehead atoms. The number of esters is 1. The van der Waals surface area contributed by atoms with Crippen LogP contribution in [-0.2, 0) is 22.4 Å². The molecule has 1 fully saturated rings. The first-order valence-corrected chi connectivity index (χ1v) is 7.72. The molecule has 1 saturated carbocycles. The van der Waals surface area contributed by atoms with Crippen molar-refractivity contribution in [1.82, 2.24) is 5.32 Å². The summed E-state index contributed by atoms with van der Waals surface area (Å²) in [6.07, 6.45) is 5.14. The van der Waals surface area contributed by atoms with Gasteiger partial charge in [-0.15, -0.1) is 0 Å². The first-order valence-electron chi connectivity index (χ1n) is 7.72. The zero-order chi connectivity index (χ0) is 14.0. The number of carbonyl (C=O) groups is 1. The van der Waals surface area contributed by atoms with Crippen molar-refractivity contribution >= 4 is 5.97 Å². The Hall–Kier alpha value is -1.35. The maximum Gasteiger partial charge on any atom is 0.326 e. The Kier molecular flexibility index (Phi) is 3.79. The minimum atomic E-state index is -0.507. The molecule has 0 saturated heterocycles. The van der Waals surface area contributed by atoms with Crippen LogP contribution in [0.25, 0.3) is 0 Å². The Morgan fingerprint density at radius 3 is 2.80 bits per heavy atom. The predicted molar refractivity (Wildman–Crippen MR) is 78.6 cm³/mol. The topological polar surface area (TPSA) is 38.3 Å². The molecule has 1 unspecified atom stereocenters.